The van der Waals surface area contributed by atoms with Gasteiger partial charge in [0.05, 0.1) is 54.1 Å². The van der Waals surface area contributed by atoms with E-state index in [1.807, 2.05) is 0 Å². The third-order valence-electron chi connectivity index (χ3n) is 5.53. The number of nitrogens with two attached hydrogens (primary N) is 4. The van der Waals surface area contributed by atoms with E-state index in [0.29, 0.717) is 11.4 Å². The second kappa shape index (κ2) is 21.0. The fourth-order valence-corrected chi connectivity index (χ4v) is 3.15. The molecule has 0 spiro atoms. The van der Waals surface area contributed by atoms with E-state index >= 15 is 0 Å². The van der Waals surface area contributed by atoms with Gasteiger partial charge in [0, 0.05) is 35.6 Å². The lowest BCUT2D eigenvalue weighted by Gasteiger charge is -1.96. The number of amides is 2. The van der Waals surface area contributed by atoms with Crippen molar-refractivity contribution in [2.24, 2.45) is 11.5 Å². The number of non-ortho nitro benzene ring substituents is 4. The molecular formula is C28H28N8O16. The fourth-order valence-electron chi connectivity index (χ4n) is 3.15. The fraction of sp³-hybridized carbons (Fsp3) is 0. The molecule has 0 atom stereocenters. The van der Waals surface area contributed by atoms with E-state index < -0.39 is 66.2 Å². The number of carboxylic acid groups (broad SMARTS) is 2. The molecule has 0 aliphatic heterocycles. The number of rotatable bonds is 8. The molecule has 0 saturated carbocycles. The number of benzene rings is 4. The van der Waals surface area contributed by atoms with E-state index in [2.05, 4.69) is 0 Å². The van der Waals surface area contributed by atoms with E-state index in [0.717, 1.165) is 36.4 Å². The quantitative estimate of drug-likeness (QED) is 0.0848. The number of hydrogen-bond acceptors (Lipinski definition) is 14. The van der Waals surface area contributed by atoms with E-state index in [9.17, 15) is 59.6 Å². The van der Waals surface area contributed by atoms with Gasteiger partial charge in [-0.05, 0) is 48.5 Å². The first-order valence-corrected chi connectivity index (χ1v) is 12.9. The smallest absolute Gasteiger partial charge is 0.335 e. The van der Waals surface area contributed by atoms with Gasteiger partial charge in [0.25, 0.3) is 22.7 Å². The Bertz CT molecular complexity index is 1650. The number of carbonyl (C=O) groups is 4. The first-order chi connectivity index (χ1) is 23.2. The van der Waals surface area contributed by atoms with Crippen molar-refractivity contribution in [1.82, 2.24) is 0 Å². The lowest BCUT2D eigenvalue weighted by atomic mass is 10.1. The number of primary amides is 2. The molecule has 0 saturated heterocycles. The van der Waals surface area contributed by atoms with E-state index in [1.165, 1.54) is 24.3 Å². The minimum absolute atomic E-state index is 0. The van der Waals surface area contributed by atoms with Crippen LogP contribution in [0, 0.1) is 40.5 Å². The van der Waals surface area contributed by atoms with Crippen molar-refractivity contribution in [3.63, 3.8) is 0 Å². The summed E-state index contributed by atoms with van der Waals surface area (Å²) in [5.74, 6) is -3.77. The highest BCUT2D eigenvalue weighted by Crippen LogP contribution is 2.23. The molecule has 2 amide bonds. The Hall–Kier alpha value is -8.12. The summed E-state index contributed by atoms with van der Waals surface area (Å²) in [6, 6.07) is 17.2. The zero-order valence-corrected chi connectivity index (χ0v) is 26.0. The molecule has 0 unspecified atom stereocenters. The van der Waals surface area contributed by atoms with Gasteiger partial charge in [0.2, 0.25) is 11.8 Å². The molecule has 0 aliphatic carbocycles. The minimum Gasteiger partial charge on any atom is -0.478 e. The maximum absolute atomic E-state index is 10.7. The van der Waals surface area contributed by atoms with Crippen molar-refractivity contribution < 1.29 is 60.0 Å². The van der Waals surface area contributed by atoms with Crippen LogP contribution in [0.5, 0.6) is 0 Å². The third kappa shape index (κ3) is 15.2. The van der Waals surface area contributed by atoms with Gasteiger partial charge >= 0.3 is 11.9 Å². The van der Waals surface area contributed by atoms with Crippen molar-refractivity contribution in [3.05, 3.63) is 148 Å². The zero-order valence-electron chi connectivity index (χ0n) is 26.0. The van der Waals surface area contributed by atoms with Gasteiger partial charge < -0.3 is 44.1 Å². The standard InChI is InChI=1S/2C7H5N3O5.2C7H7NO2.2H2O/c2*8-7(11)4-1-5(9(12)13)3-6(2-4)10(14)15;2*8-6-3-1-5(2-4-6)7(9)10;;/h2*1-3H,(H2,8,11);2*1-4H,8H2,(H,9,10);2*1H2. The number of nitro benzene ring substituents is 4. The number of carboxylic acids is 2. The Balaban J connectivity index is 0. The highest BCUT2D eigenvalue weighted by atomic mass is 16.6. The number of hydrogen-bond donors (Lipinski definition) is 6. The van der Waals surface area contributed by atoms with E-state index in [1.54, 1.807) is 24.3 Å². The van der Waals surface area contributed by atoms with Crippen LogP contribution in [0.25, 0.3) is 0 Å². The monoisotopic (exact) mass is 732 g/mol. The molecular weight excluding hydrogens is 704 g/mol. The summed E-state index contributed by atoms with van der Waals surface area (Å²) < 4.78 is 0. The van der Waals surface area contributed by atoms with Gasteiger partial charge in [0.15, 0.2) is 0 Å². The van der Waals surface area contributed by atoms with Crippen LogP contribution in [0.15, 0.2) is 84.9 Å². The van der Waals surface area contributed by atoms with E-state index in [4.69, 9.17) is 33.1 Å². The number of nitrogens with zero attached hydrogens (tertiary/aromatic N) is 4. The summed E-state index contributed by atoms with van der Waals surface area (Å²) in [6.07, 6.45) is 0. The van der Waals surface area contributed by atoms with Gasteiger partial charge in [-0.1, -0.05) is 0 Å². The molecule has 0 radical (unpaired) electrons. The lowest BCUT2D eigenvalue weighted by molar-refractivity contribution is -0.394. The van der Waals surface area contributed by atoms with Crippen LogP contribution in [0.2, 0.25) is 0 Å². The molecule has 0 heterocycles. The van der Waals surface area contributed by atoms with Gasteiger partial charge in [-0.3, -0.25) is 50.0 Å². The van der Waals surface area contributed by atoms with Crippen LogP contribution in [0.4, 0.5) is 34.1 Å². The molecule has 0 aliphatic rings. The number of nitrogen functional groups attached to an aromatic ring is 2. The SMILES string of the molecule is NC(=O)c1cc([N+](=O)[O-])cc([N+](=O)[O-])c1.NC(=O)c1cc([N+](=O)[O-])cc([N+](=O)[O-])c1.Nc1ccc(C(=O)O)cc1.Nc1ccc(C(=O)O)cc1.O.O. The number of carbonyl (C=O) groups excluding carboxylic acids is 2. The second-order valence-electron chi connectivity index (χ2n) is 9.09. The predicted molar refractivity (Wildman–Crippen MR) is 179 cm³/mol. The lowest BCUT2D eigenvalue weighted by Crippen LogP contribution is -2.11. The summed E-state index contributed by atoms with van der Waals surface area (Å²) in [7, 11) is 0. The first-order valence-electron chi connectivity index (χ1n) is 12.9. The van der Waals surface area contributed by atoms with Crippen LogP contribution < -0.4 is 22.9 Å². The molecule has 0 aromatic heterocycles. The Kier molecular flexibility index (Phi) is 18.6. The Morgan fingerprint density at radius 2 is 0.654 bits per heavy atom. The molecule has 4 rings (SSSR count). The maximum Gasteiger partial charge on any atom is 0.335 e. The Labute approximate surface area is 288 Å². The Morgan fingerprint density at radius 3 is 0.808 bits per heavy atom. The maximum atomic E-state index is 10.7. The van der Waals surface area contributed by atoms with Gasteiger partial charge in [-0.25, -0.2) is 9.59 Å². The highest BCUT2D eigenvalue weighted by molar-refractivity contribution is 5.94. The average molecular weight is 733 g/mol. The van der Waals surface area contributed by atoms with Crippen molar-refractivity contribution in [2.45, 2.75) is 0 Å². The van der Waals surface area contributed by atoms with Crippen LogP contribution in [0.1, 0.15) is 41.4 Å². The van der Waals surface area contributed by atoms with Crippen molar-refractivity contribution in [2.75, 3.05) is 11.5 Å². The molecule has 4 aromatic rings. The van der Waals surface area contributed by atoms with Gasteiger partial charge in [-0.15, -0.1) is 0 Å². The number of anilines is 2. The largest absolute Gasteiger partial charge is 0.478 e. The van der Waals surface area contributed by atoms with Crippen molar-refractivity contribution >= 4 is 57.9 Å². The van der Waals surface area contributed by atoms with Gasteiger partial charge in [0.1, 0.15) is 0 Å². The zero-order chi connectivity index (χ0) is 38.3. The van der Waals surface area contributed by atoms with Crippen LogP contribution in [-0.2, 0) is 0 Å². The average Bonchev–Trinajstić information content (AvgIpc) is 3.05. The first kappa shape index (κ1) is 46.0. The van der Waals surface area contributed by atoms with Crippen molar-refractivity contribution in [3.8, 4) is 0 Å². The van der Waals surface area contributed by atoms with Crippen molar-refractivity contribution in [1.29, 1.82) is 0 Å². The molecule has 0 bridgehead atoms. The molecule has 24 heteroatoms. The Morgan fingerprint density at radius 1 is 0.442 bits per heavy atom. The normalized spacial score (nSPS) is 9.08. The number of nitro groups is 4. The molecule has 24 nitrogen and oxygen atoms in total. The van der Waals surface area contributed by atoms with Crippen LogP contribution >= 0.6 is 0 Å². The van der Waals surface area contributed by atoms with Crippen LogP contribution in [0.3, 0.4) is 0 Å². The third-order valence-corrected chi connectivity index (χ3v) is 5.53. The highest BCUT2D eigenvalue weighted by Gasteiger charge is 2.19. The van der Waals surface area contributed by atoms with Gasteiger partial charge in [-0.2, -0.15) is 0 Å². The topological polar surface area (TPSA) is 448 Å². The molecule has 4 aromatic carbocycles. The minimum atomic E-state index is -0.957. The molecule has 0 fully saturated rings. The summed E-state index contributed by atoms with van der Waals surface area (Å²) in [6.45, 7) is 0. The molecule has 14 N–H and O–H groups in total. The molecule has 52 heavy (non-hydrogen) atoms. The van der Waals surface area contributed by atoms with E-state index in [-0.39, 0.29) is 33.2 Å². The van der Waals surface area contributed by atoms with Crippen LogP contribution in [-0.4, -0.2) is 64.6 Å². The number of aromatic carboxylic acids is 2. The second-order valence-corrected chi connectivity index (χ2v) is 9.09. The summed E-state index contributed by atoms with van der Waals surface area (Å²) in [5.41, 5.74) is 19.4. The summed E-state index contributed by atoms with van der Waals surface area (Å²) in [4.78, 5) is 80.2. The molecule has 276 valence electrons. The summed E-state index contributed by atoms with van der Waals surface area (Å²) >= 11 is 0. The predicted octanol–water partition coefficient (Wildman–Crippen LogP) is 1.49. The summed E-state index contributed by atoms with van der Waals surface area (Å²) in [5, 5.41) is 58.4.